The fraction of sp³-hybridized carbons (Fsp3) is 0.385. The maximum absolute atomic E-state index is 14.1. The van der Waals surface area contributed by atoms with E-state index in [9.17, 15) is 9.18 Å². The summed E-state index contributed by atoms with van der Waals surface area (Å²) in [7, 11) is 3.32. The van der Waals surface area contributed by atoms with Crippen LogP contribution in [0.15, 0.2) is 48.7 Å². The van der Waals surface area contributed by atoms with Gasteiger partial charge in [0.1, 0.15) is 28.8 Å². The van der Waals surface area contributed by atoms with Crippen LogP contribution >= 0.6 is 0 Å². The van der Waals surface area contributed by atoms with Crippen molar-refractivity contribution >= 4 is 11.6 Å². The number of nitrogens with zero attached hydrogens (tertiary/aromatic N) is 4. The van der Waals surface area contributed by atoms with Crippen LogP contribution in [0.4, 0.5) is 10.1 Å². The van der Waals surface area contributed by atoms with Crippen LogP contribution in [0.25, 0.3) is 0 Å². The van der Waals surface area contributed by atoms with E-state index in [-0.39, 0.29) is 17.6 Å². The molecule has 1 fully saturated rings. The van der Waals surface area contributed by atoms with Crippen LogP contribution in [0.5, 0.6) is 11.5 Å². The van der Waals surface area contributed by atoms with Gasteiger partial charge in [-0.1, -0.05) is 18.2 Å². The third-order valence-electron chi connectivity index (χ3n) is 6.85. The molecule has 1 amide bonds. The Balaban J connectivity index is 1.26. The van der Waals surface area contributed by atoms with Crippen LogP contribution < -0.4 is 14.4 Å². The van der Waals surface area contributed by atoms with Gasteiger partial charge in [-0.2, -0.15) is 0 Å². The Morgan fingerprint density at radius 2 is 1.85 bits per heavy atom. The zero-order valence-electron chi connectivity index (χ0n) is 19.5. The molecule has 2 aliphatic heterocycles. The Morgan fingerprint density at radius 3 is 2.59 bits per heavy atom. The predicted molar refractivity (Wildman–Crippen MR) is 127 cm³/mol. The van der Waals surface area contributed by atoms with Crippen molar-refractivity contribution in [2.45, 2.75) is 25.3 Å². The third kappa shape index (κ3) is 4.20. The lowest BCUT2D eigenvalue weighted by molar-refractivity contribution is 0.0741. The number of carbonyl (C=O) groups is 1. The minimum Gasteiger partial charge on any atom is -0.497 e. The Morgan fingerprint density at radius 1 is 1.06 bits per heavy atom. The zero-order valence-corrected chi connectivity index (χ0v) is 19.5. The summed E-state index contributed by atoms with van der Waals surface area (Å²) in [6, 6.07) is 12.7. The molecule has 0 spiro atoms. The first-order chi connectivity index (χ1) is 16.6. The number of aromatic nitrogens is 2. The van der Waals surface area contributed by atoms with Crippen molar-refractivity contribution in [3.63, 3.8) is 0 Å². The minimum atomic E-state index is -0.230. The summed E-state index contributed by atoms with van der Waals surface area (Å²) in [6.45, 7) is 3.03. The van der Waals surface area contributed by atoms with Crippen molar-refractivity contribution < 1.29 is 18.7 Å². The van der Waals surface area contributed by atoms with E-state index >= 15 is 0 Å². The highest BCUT2D eigenvalue weighted by molar-refractivity contribution is 5.92. The van der Waals surface area contributed by atoms with Crippen LogP contribution in [0.1, 0.15) is 34.2 Å². The van der Waals surface area contributed by atoms with Crippen molar-refractivity contribution in [1.29, 1.82) is 0 Å². The average molecular weight is 465 g/mol. The van der Waals surface area contributed by atoms with Gasteiger partial charge in [0.25, 0.3) is 5.91 Å². The normalized spacial score (nSPS) is 17.9. The first-order valence-electron chi connectivity index (χ1n) is 11.6. The fourth-order valence-electron chi connectivity index (χ4n) is 4.98. The van der Waals surface area contributed by atoms with Crippen LogP contribution in [0.3, 0.4) is 0 Å². The molecule has 178 valence electrons. The number of hydrogen-bond acceptors (Lipinski definition) is 5. The number of fused-ring (bicyclic) bond motifs is 1. The Labute approximate surface area is 198 Å². The predicted octanol–water partition coefficient (Wildman–Crippen LogP) is 3.73. The fourth-order valence-corrected chi connectivity index (χ4v) is 4.98. The lowest BCUT2D eigenvalue weighted by atomic mass is 9.91. The lowest BCUT2D eigenvalue weighted by Crippen LogP contribution is -2.49. The number of benzene rings is 2. The summed E-state index contributed by atoms with van der Waals surface area (Å²) in [6.07, 6.45) is 3.62. The molecule has 0 radical (unpaired) electrons. The highest BCUT2D eigenvalue weighted by Gasteiger charge is 2.29. The molecule has 8 heteroatoms. The number of piperazine rings is 1. The van der Waals surface area contributed by atoms with E-state index in [1.807, 2.05) is 34.2 Å². The molecule has 0 saturated carbocycles. The first kappa shape index (κ1) is 22.3. The van der Waals surface area contributed by atoms with E-state index in [0.29, 0.717) is 37.6 Å². The Bertz CT molecular complexity index is 1190. The van der Waals surface area contributed by atoms with E-state index < -0.39 is 0 Å². The molecule has 34 heavy (non-hydrogen) atoms. The van der Waals surface area contributed by atoms with Gasteiger partial charge in [0.05, 0.1) is 19.9 Å². The molecule has 0 unspecified atom stereocenters. The number of carbonyl (C=O) groups excluding carboxylic acids is 1. The summed E-state index contributed by atoms with van der Waals surface area (Å²) in [5.41, 5.74) is 2.21. The maximum atomic E-state index is 14.1. The van der Waals surface area contributed by atoms with Crippen LogP contribution in [-0.2, 0) is 13.0 Å². The molecular formula is C26H29FN4O3. The average Bonchev–Trinajstić information content (AvgIpc) is 3.32. The number of halogens is 1. The highest BCUT2D eigenvalue weighted by atomic mass is 19.1. The highest BCUT2D eigenvalue weighted by Crippen LogP contribution is 2.36. The maximum Gasteiger partial charge on any atom is 0.274 e. The van der Waals surface area contributed by atoms with Gasteiger partial charge in [-0.3, -0.25) is 4.79 Å². The largest absolute Gasteiger partial charge is 0.497 e. The number of anilines is 1. The molecule has 2 aliphatic rings. The minimum absolute atomic E-state index is 0.0614. The molecule has 1 saturated heterocycles. The molecule has 0 bridgehead atoms. The second-order valence-electron chi connectivity index (χ2n) is 8.77. The van der Waals surface area contributed by atoms with Crippen molar-refractivity contribution in [3.8, 4) is 11.5 Å². The molecule has 2 aromatic carbocycles. The SMILES string of the molecule is COc1ccc([C@@H]2CCc3nc(C(=O)N4CCN(c5ccccc5F)CC4)cn3C2)c(OC)c1. The molecular weight excluding hydrogens is 435 g/mol. The molecule has 1 atom stereocenters. The Hall–Kier alpha value is -3.55. The number of aryl methyl sites for hydroxylation is 1. The van der Waals surface area contributed by atoms with Crippen molar-refractivity contribution in [1.82, 2.24) is 14.5 Å². The first-order valence-corrected chi connectivity index (χ1v) is 11.6. The smallest absolute Gasteiger partial charge is 0.274 e. The van der Waals surface area contributed by atoms with Crippen LogP contribution in [0.2, 0.25) is 0 Å². The van der Waals surface area contributed by atoms with Crippen LogP contribution in [0, 0.1) is 5.82 Å². The Kier molecular flexibility index (Phi) is 6.13. The monoisotopic (exact) mass is 464 g/mol. The topological polar surface area (TPSA) is 59.8 Å². The number of amides is 1. The van der Waals surface area contributed by atoms with Gasteiger partial charge in [0.15, 0.2) is 0 Å². The van der Waals surface area contributed by atoms with E-state index in [0.717, 1.165) is 42.3 Å². The molecule has 3 heterocycles. The molecule has 3 aromatic rings. The number of rotatable bonds is 5. The summed E-state index contributed by atoms with van der Waals surface area (Å²) in [5, 5.41) is 0. The van der Waals surface area contributed by atoms with Gasteiger partial charge < -0.3 is 23.8 Å². The van der Waals surface area contributed by atoms with Crippen LogP contribution in [-0.4, -0.2) is 60.8 Å². The molecule has 0 aliphatic carbocycles. The van der Waals surface area contributed by atoms with Gasteiger partial charge in [0.2, 0.25) is 0 Å². The molecule has 0 N–H and O–H groups in total. The van der Waals surface area contributed by atoms with Gasteiger partial charge >= 0.3 is 0 Å². The number of hydrogen-bond donors (Lipinski definition) is 0. The van der Waals surface area contributed by atoms with Crippen molar-refractivity contribution in [3.05, 3.63) is 71.6 Å². The number of imidazole rings is 1. The number of para-hydroxylation sites is 1. The summed E-state index contributed by atoms with van der Waals surface area (Å²) >= 11 is 0. The zero-order chi connectivity index (χ0) is 23.7. The summed E-state index contributed by atoms with van der Waals surface area (Å²) in [5.74, 6) is 2.51. The van der Waals surface area contributed by atoms with E-state index in [4.69, 9.17) is 9.47 Å². The molecule has 7 nitrogen and oxygen atoms in total. The molecule has 5 rings (SSSR count). The second kappa shape index (κ2) is 9.37. The van der Waals surface area contributed by atoms with E-state index in [1.54, 1.807) is 26.4 Å². The number of methoxy groups -OCH3 is 2. The second-order valence-corrected chi connectivity index (χ2v) is 8.77. The van der Waals surface area contributed by atoms with Gasteiger partial charge in [-0.15, -0.1) is 0 Å². The quantitative estimate of drug-likeness (QED) is 0.576. The van der Waals surface area contributed by atoms with Crippen molar-refractivity contribution in [2.24, 2.45) is 0 Å². The third-order valence-corrected chi connectivity index (χ3v) is 6.85. The van der Waals surface area contributed by atoms with Gasteiger partial charge in [-0.05, 0) is 30.2 Å². The lowest BCUT2D eigenvalue weighted by Gasteiger charge is -2.35. The van der Waals surface area contributed by atoms with Gasteiger partial charge in [-0.25, -0.2) is 9.37 Å². The number of ether oxygens (including phenoxy) is 2. The summed E-state index contributed by atoms with van der Waals surface area (Å²) in [4.78, 5) is 21.6. The standard InChI is InChI=1S/C26H29FN4O3/c1-33-19-8-9-20(24(15-19)34-2)18-7-10-25-28-22(17-31(25)16-18)26(32)30-13-11-29(12-14-30)23-6-4-3-5-21(23)27/h3-6,8-9,15,17-18H,7,10-14,16H2,1-2H3/t18-/m1/s1. The van der Waals surface area contributed by atoms with E-state index in [1.165, 1.54) is 6.07 Å². The summed E-state index contributed by atoms with van der Waals surface area (Å²) < 4.78 is 27.1. The molecule has 1 aromatic heterocycles. The van der Waals surface area contributed by atoms with Crippen molar-refractivity contribution in [2.75, 3.05) is 45.3 Å². The van der Waals surface area contributed by atoms with Gasteiger partial charge in [0, 0.05) is 57.3 Å². The van der Waals surface area contributed by atoms with E-state index in [2.05, 4.69) is 15.6 Å².